The van der Waals surface area contributed by atoms with Crippen LogP contribution in [0.1, 0.15) is 5.56 Å². The number of fused-ring (bicyclic) bond motifs is 1. The number of alkyl halides is 3. The van der Waals surface area contributed by atoms with Gasteiger partial charge in [-0.15, -0.1) is 0 Å². The number of hydrogen-bond donors (Lipinski definition) is 3. The molecular weight excluding hydrogens is 606 g/mol. The minimum Gasteiger partial charge on any atom is -0.475 e. The molecule has 41 heavy (non-hydrogen) atoms. The number of benzene rings is 2. The Morgan fingerprint density at radius 3 is 2.44 bits per heavy atom. The maximum Gasteiger partial charge on any atom is 0.490 e. The lowest BCUT2D eigenvalue weighted by Gasteiger charge is -2.35. The van der Waals surface area contributed by atoms with Gasteiger partial charge in [0.25, 0.3) is 0 Å². The van der Waals surface area contributed by atoms with E-state index in [9.17, 15) is 18.0 Å². The highest BCUT2D eigenvalue weighted by Gasteiger charge is 2.38. The summed E-state index contributed by atoms with van der Waals surface area (Å²) >= 11 is 13.5. The Morgan fingerprint density at radius 1 is 1.05 bits per heavy atom. The standard InChI is InChI=1S/C24H23Cl2N5O2S.C2HF3O2/c25-20-7-6-19(14-21(20)26)33-18-4-1-3-17(13-18)16-29-9-11-30(12-10-29)24(32)28-22-5-2-8-31-23(22)15-27-34-31;3-2(4,5)1(6)7/h1-8,13-15,27H,9-12,16H2,(H,28,32);(H,6,7). The van der Waals surface area contributed by atoms with Crippen LogP contribution in [0.5, 0.6) is 11.5 Å². The summed E-state index contributed by atoms with van der Waals surface area (Å²) in [6.07, 6.45) is 2.59. The van der Waals surface area contributed by atoms with E-state index in [1.165, 1.54) is 12.1 Å². The smallest absolute Gasteiger partial charge is 0.475 e. The van der Waals surface area contributed by atoms with E-state index in [-0.39, 0.29) is 6.03 Å². The van der Waals surface area contributed by atoms with Crippen LogP contribution in [-0.2, 0) is 11.3 Å². The monoisotopic (exact) mass is 629 g/mol. The first kappa shape index (κ1) is 30.4. The summed E-state index contributed by atoms with van der Waals surface area (Å²) in [6.45, 7) is 3.73. The zero-order chi connectivity index (χ0) is 29.6. The molecule has 218 valence electrons. The fourth-order valence-corrected chi connectivity index (χ4v) is 4.86. The number of halogens is 5. The molecule has 1 fully saturated rings. The molecule has 3 aliphatic rings. The molecule has 0 atom stereocenters. The lowest BCUT2D eigenvalue weighted by molar-refractivity contribution is -0.192. The van der Waals surface area contributed by atoms with E-state index in [4.69, 9.17) is 37.8 Å². The number of ether oxygens (including phenoxy) is 1. The third-order valence-corrected chi connectivity index (χ3v) is 7.40. The summed E-state index contributed by atoms with van der Waals surface area (Å²) in [4.78, 5) is 25.9. The van der Waals surface area contributed by atoms with Gasteiger partial charge in [0.15, 0.2) is 0 Å². The van der Waals surface area contributed by atoms with Gasteiger partial charge in [-0.2, -0.15) is 13.2 Å². The Morgan fingerprint density at radius 2 is 1.76 bits per heavy atom. The Kier molecular flexibility index (Phi) is 9.97. The highest BCUT2D eigenvalue weighted by molar-refractivity contribution is 7.95. The number of nitrogens with zero attached hydrogens (tertiary/aromatic N) is 3. The lowest BCUT2D eigenvalue weighted by Crippen LogP contribution is -2.51. The van der Waals surface area contributed by atoms with Crippen LogP contribution in [0.2, 0.25) is 10.0 Å². The number of allylic oxidation sites excluding steroid dienone is 2. The van der Waals surface area contributed by atoms with E-state index in [2.05, 4.69) is 21.0 Å². The molecule has 0 aliphatic carbocycles. The zero-order valence-electron chi connectivity index (χ0n) is 21.2. The van der Waals surface area contributed by atoms with Crippen LogP contribution in [0.4, 0.5) is 18.0 Å². The molecule has 2 amide bonds. The predicted octanol–water partition coefficient (Wildman–Crippen LogP) is 5.97. The number of carboxylic acid groups (broad SMARTS) is 1. The summed E-state index contributed by atoms with van der Waals surface area (Å²) in [5.74, 6) is -1.38. The van der Waals surface area contributed by atoms with Crippen LogP contribution in [0.25, 0.3) is 0 Å². The molecule has 5 rings (SSSR count). The number of carbonyl (C=O) groups excluding carboxylic acids is 1. The fraction of sp³-hybridized carbons (Fsp3) is 0.231. The molecule has 9 nitrogen and oxygen atoms in total. The van der Waals surface area contributed by atoms with Crippen LogP contribution in [0.3, 0.4) is 0 Å². The second kappa shape index (κ2) is 13.4. The maximum atomic E-state index is 12.8. The average Bonchev–Trinajstić information content (AvgIpc) is 3.41. The maximum absolute atomic E-state index is 12.8. The third-order valence-electron chi connectivity index (χ3n) is 5.92. The van der Waals surface area contributed by atoms with Gasteiger partial charge in [-0.3, -0.25) is 9.21 Å². The first-order valence-corrected chi connectivity index (χ1v) is 13.6. The van der Waals surface area contributed by atoms with Crippen molar-refractivity contribution in [2.75, 3.05) is 26.2 Å². The highest BCUT2D eigenvalue weighted by Crippen LogP contribution is 2.30. The number of hydrogen-bond acceptors (Lipinski definition) is 7. The van der Waals surface area contributed by atoms with Gasteiger partial charge in [-0.05, 0) is 42.0 Å². The largest absolute Gasteiger partial charge is 0.490 e. The van der Waals surface area contributed by atoms with Crippen molar-refractivity contribution in [2.45, 2.75) is 12.7 Å². The molecule has 0 radical (unpaired) electrons. The Balaban J connectivity index is 0.000000493. The Hall–Kier alpha value is -3.52. The minimum atomic E-state index is -5.08. The second-order valence-electron chi connectivity index (χ2n) is 8.81. The van der Waals surface area contributed by atoms with Crippen molar-refractivity contribution >= 4 is 47.3 Å². The predicted molar refractivity (Wildman–Crippen MR) is 150 cm³/mol. The number of aliphatic carboxylic acids is 1. The van der Waals surface area contributed by atoms with Crippen LogP contribution in [0, 0.1) is 0 Å². The molecule has 15 heteroatoms. The van der Waals surface area contributed by atoms with Gasteiger partial charge in [-0.25, -0.2) is 9.59 Å². The molecule has 2 aromatic rings. The van der Waals surface area contributed by atoms with Gasteiger partial charge in [0.2, 0.25) is 0 Å². The first-order valence-electron chi connectivity index (χ1n) is 12.1. The SMILES string of the molecule is O=C(NC1=CC=CN2SNC=C12)N1CCN(Cc2cccc(Oc3ccc(Cl)c(Cl)c3)c2)CC1.O=C(O)C(F)(F)F. The van der Waals surface area contributed by atoms with Crippen molar-refractivity contribution in [3.8, 4) is 11.5 Å². The van der Waals surface area contributed by atoms with Gasteiger partial charge < -0.3 is 24.8 Å². The first-order chi connectivity index (χ1) is 19.5. The summed E-state index contributed by atoms with van der Waals surface area (Å²) in [7, 11) is 0. The molecule has 3 heterocycles. The highest BCUT2D eigenvalue weighted by atomic mass is 35.5. The molecule has 0 spiro atoms. The Labute approximate surface area is 248 Å². The van der Waals surface area contributed by atoms with Crippen molar-refractivity contribution in [2.24, 2.45) is 0 Å². The molecular formula is C26H24Cl2F3N5O4S. The van der Waals surface area contributed by atoms with Crippen molar-refractivity contribution < 1.29 is 32.6 Å². The lowest BCUT2D eigenvalue weighted by atomic mass is 10.2. The fourth-order valence-electron chi connectivity index (χ4n) is 3.91. The van der Waals surface area contributed by atoms with E-state index < -0.39 is 12.1 Å². The third kappa shape index (κ3) is 8.49. The molecule has 0 bridgehead atoms. The van der Waals surface area contributed by atoms with Gasteiger partial charge >= 0.3 is 18.2 Å². The summed E-state index contributed by atoms with van der Waals surface area (Å²) in [6, 6.07) is 13.1. The normalized spacial score (nSPS) is 16.5. The zero-order valence-corrected chi connectivity index (χ0v) is 23.5. The Bertz CT molecular complexity index is 1380. The average molecular weight is 630 g/mol. The van der Waals surface area contributed by atoms with Crippen molar-refractivity contribution in [3.63, 3.8) is 0 Å². The number of urea groups is 1. The van der Waals surface area contributed by atoms with Crippen molar-refractivity contribution in [1.82, 2.24) is 24.1 Å². The second-order valence-corrected chi connectivity index (χ2v) is 10.4. The molecule has 0 saturated carbocycles. The van der Waals surface area contributed by atoms with E-state index in [1.807, 2.05) is 52.0 Å². The van der Waals surface area contributed by atoms with E-state index in [0.29, 0.717) is 28.9 Å². The summed E-state index contributed by atoms with van der Waals surface area (Å²) < 4.78 is 42.8. The molecule has 3 N–H and O–H groups in total. The quantitative estimate of drug-likeness (QED) is 0.348. The van der Waals surface area contributed by atoms with Gasteiger partial charge in [0.1, 0.15) is 11.5 Å². The molecule has 2 aromatic carbocycles. The number of carboxylic acids is 1. The molecule has 0 unspecified atom stereocenters. The number of carbonyl (C=O) groups is 2. The van der Waals surface area contributed by atoms with E-state index in [1.54, 1.807) is 18.2 Å². The van der Waals surface area contributed by atoms with E-state index >= 15 is 0 Å². The van der Waals surface area contributed by atoms with Crippen molar-refractivity contribution in [3.05, 3.63) is 94.0 Å². The number of piperazine rings is 1. The summed E-state index contributed by atoms with van der Waals surface area (Å²) in [5, 5.41) is 11.1. The van der Waals surface area contributed by atoms with E-state index in [0.717, 1.165) is 42.3 Å². The number of rotatable bonds is 5. The molecule has 0 aromatic heterocycles. The van der Waals surface area contributed by atoms with Gasteiger partial charge in [0, 0.05) is 51.2 Å². The van der Waals surface area contributed by atoms with Crippen LogP contribution < -0.4 is 14.8 Å². The minimum absolute atomic E-state index is 0.0732. The molecule has 1 saturated heterocycles. The molecule has 3 aliphatic heterocycles. The van der Waals surface area contributed by atoms with Crippen LogP contribution >= 0.6 is 35.3 Å². The number of amides is 2. The topological polar surface area (TPSA) is 97.4 Å². The van der Waals surface area contributed by atoms with Crippen LogP contribution in [-0.4, -0.2) is 63.6 Å². The summed E-state index contributed by atoms with van der Waals surface area (Å²) in [5.41, 5.74) is 2.89. The van der Waals surface area contributed by atoms with Crippen molar-refractivity contribution in [1.29, 1.82) is 0 Å². The van der Waals surface area contributed by atoms with Gasteiger partial charge in [-0.1, -0.05) is 35.3 Å². The number of nitrogens with one attached hydrogen (secondary N) is 2. The van der Waals surface area contributed by atoms with Crippen LogP contribution in [0.15, 0.2) is 78.4 Å². The van der Waals surface area contributed by atoms with Gasteiger partial charge in [0.05, 0.1) is 33.6 Å².